The monoisotopic (exact) mass is 370 g/mol. The number of rotatable bonds is 6. The molecule has 1 saturated heterocycles. The summed E-state index contributed by atoms with van der Waals surface area (Å²) in [7, 11) is 1.55. The Kier molecular flexibility index (Phi) is 5.74. The molecule has 2 aromatic carbocycles. The summed E-state index contributed by atoms with van der Waals surface area (Å²) < 4.78 is 18.3. The molecule has 1 aliphatic rings. The molecule has 1 aliphatic heterocycles. The lowest BCUT2D eigenvalue weighted by Crippen LogP contribution is -2.30. The average Bonchev–Trinajstić information content (AvgIpc) is 3.02. The first-order chi connectivity index (χ1) is 13.0. The van der Waals surface area contributed by atoms with Gasteiger partial charge >= 0.3 is 0 Å². The van der Waals surface area contributed by atoms with E-state index in [1.807, 2.05) is 19.1 Å². The average molecular weight is 370 g/mol. The second-order valence-corrected chi connectivity index (χ2v) is 6.81. The first kappa shape index (κ1) is 18.9. The van der Waals surface area contributed by atoms with Crippen molar-refractivity contribution in [2.45, 2.75) is 19.8 Å². The van der Waals surface area contributed by atoms with Gasteiger partial charge in [0.1, 0.15) is 11.6 Å². The van der Waals surface area contributed by atoms with E-state index in [4.69, 9.17) is 4.74 Å². The van der Waals surface area contributed by atoms with Crippen LogP contribution in [0.2, 0.25) is 0 Å². The van der Waals surface area contributed by atoms with Crippen molar-refractivity contribution >= 4 is 17.5 Å². The maximum Gasteiger partial charge on any atom is 0.229 e. The smallest absolute Gasteiger partial charge is 0.229 e. The second-order valence-electron chi connectivity index (χ2n) is 6.81. The molecular weight excluding hydrogens is 347 g/mol. The first-order valence-electron chi connectivity index (χ1n) is 8.94. The van der Waals surface area contributed by atoms with Crippen molar-refractivity contribution in [3.63, 3.8) is 0 Å². The second kappa shape index (κ2) is 8.20. The number of hydrogen-bond donors (Lipinski definition) is 1. The molecule has 0 bridgehead atoms. The summed E-state index contributed by atoms with van der Waals surface area (Å²) in [5.41, 5.74) is 2.58. The van der Waals surface area contributed by atoms with Crippen LogP contribution in [-0.2, 0) is 16.0 Å². The number of likely N-dealkylation sites (tertiary alicyclic amines) is 1. The molecule has 0 aromatic heterocycles. The fourth-order valence-electron chi connectivity index (χ4n) is 3.23. The molecule has 5 nitrogen and oxygen atoms in total. The molecule has 0 saturated carbocycles. The van der Waals surface area contributed by atoms with Gasteiger partial charge in [0.05, 0.1) is 18.7 Å². The van der Waals surface area contributed by atoms with Crippen LogP contribution in [0.15, 0.2) is 42.5 Å². The summed E-state index contributed by atoms with van der Waals surface area (Å²) in [5.74, 6) is -0.299. The Morgan fingerprint density at radius 1 is 1.26 bits per heavy atom. The third-order valence-electron chi connectivity index (χ3n) is 4.78. The first-order valence-corrected chi connectivity index (χ1v) is 8.94. The van der Waals surface area contributed by atoms with E-state index in [0.717, 1.165) is 11.1 Å². The Hall–Kier alpha value is -2.89. The minimum absolute atomic E-state index is 0.0338. The van der Waals surface area contributed by atoms with Gasteiger partial charge in [-0.2, -0.15) is 0 Å². The lowest BCUT2D eigenvalue weighted by molar-refractivity contribution is -0.128. The van der Waals surface area contributed by atoms with Gasteiger partial charge in [-0.15, -0.1) is 0 Å². The van der Waals surface area contributed by atoms with Gasteiger partial charge in [0.15, 0.2) is 0 Å². The van der Waals surface area contributed by atoms with E-state index < -0.39 is 5.92 Å². The molecule has 0 spiro atoms. The number of anilines is 1. The maximum absolute atomic E-state index is 13.0. The molecule has 2 aromatic rings. The van der Waals surface area contributed by atoms with Gasteiger partial charge in [-0.05, 0) is 48.7 Å². The van der Waals surface area contributed by atoms with E-state index in [-0.39, 0.29) is 24.1 Å². The van der Waals surface area contributed by atoms with Gasteiger partial charge in [0.25, 0.3) is 0 Å². The Balaban J connectivity index is 1.58. The minimum atomic E-state index is -0.393. The lowest BCUT2D eigenvalue weighted by atomic mass is 10.1. The maximum atomic E-state index is 13.0. The molecule has 142 valence electrons. The van der Waals surface area contributed by atoms with Crippen LogP contribution in [0, 0.1) is 18.7 Å². The Morgan fingerprint density at radius 2 is 2.00 bits per heavy atom. The van der Waals surface area contributed by atoms with Gasteiger partial charge in [-0.1, -0.05) is 18.2 Å². The summed E-state index contributed by atoms with van der Waals surface area (Å²) in [6.45, 7) is 2.84. The zero-order valence-corrected chi connectivity index (χ0v) is 15.5. The van der Waals surface area contributed by atoms with Crippen molar-refractivity contribution in [3.05, 3.63) is 59.4 Å². The molecular formula is C21H23FN2O3. The number of nitrogens with zero attached hydrogens (tertiary/aromatic N) is 1. The van der Waals surface area contributed by atoms with Crippen molar-refractivity contribution < 1.29 is 18.7 Å². The van der Waals surface area contributed by atoms with Crippen molar-refractivity contribution in [1.29, 1.82) is 0 Å². The van der Waals surface area contributed by atoms with Crippen LogP contribution < -0.4 is 10.1 Å². The van der Waals surface area contributed by atoms with Crippen LogP contribution in [0.3, 0.4) is 0 Å². The summed E-state index contributed by atoms with van der Waals surface area (Å²) in [5, 5.41) is 2.88. The van der Waals surface area contributed by atoms with Crippen LogP contribution in [0.5, 0.6) is 5.75 Å². The number of amides is 2. The van der Waals surface area contributed by atoms with E-state index in [0.29, 0.717) is 30.9 Å². The molecule has 1 atom stereocenters. The van der Waals surface area contributed by atoms with E-state index in [2.05, 4.69) is 5.32 Å². The number of carbonyl (C=O) groups excluding carboxylic acids is 2. The topological polar surface area (TPSA) is 58.6 Å². The van der Waals surface area contributed by atoms with Crippen LogP contribution in [0.1, 0.15) is 17.5 Å². The number of nitrogens with one attached hydrogen (secondary N) is 1. The fourth-order valence-corrected chi connectivity index (χ4v) is 3.23. The van der Waals surface area contributed by atoms with E-state index in [1.165, 1.54) is 12.1 Å². The van der Waals surface area contributed by atoms with Crippen molar-refractivity contribution in [2.24, 2.45) is 5.92 Å². The Labute approximate surface area is 158 Å². The predicted octanol–water partition coefficient (Wildman–Crippen LogP) is 3.17. The number of methoxy groups -OCH3 is 1. The normalized spacial score (nSPS) is 16.5. The summed E-state index contributed by atoms with van der Waals surface area (Å²) in [4.78, 5) is 26.6. The third kappa shape index (κ3) is 4.64. The highest BCUT2D eigenvalue weighted by Gasteiger charge is 2.34. The largest absolute Gasteiger partial charge is 0.495 e. The number of hydrogen-bond acceptors (Lipinski definition) is 3. The number of aryl methyl sites for hydroxylation is 1. The van der Waals surface area contributed by atoms with E-state index in [1.54, 1.807) is 30.2 Å². The highest BCUT2D eigenvalue weighted by atomic mass is 19.1. The number of carbonyl (C=O) groups is 2. The fraction of sp³-hybridized carbons (Fsp3) is 0.333. The lowest BCUT2D eigenvalue weighted by Gasteiger charge is -2.17. The molecule has 1 heterocycles. The third-order valence-corrected chi connectivity index (χ3v) is 4.78. The standard InChI is InChI=1S/C21H23FN2O3/c1-14-3-8-19(27-2)18(11-14)23-21(26)16-12-20(25)24(13-16)10-9-15-4-6-17(22)7-5-15/h3-8,11,16H,9-10,12-13H2,1-2H3,(H,23,26)/t16-/m0/s1. The molecule has 1 fully saturated rings. The molecule has 0 aliphatic carbocycles. The van der Waals surface area contributed by atoms with E-state index >= 15 is 0 Å². The Bertz CT molecular complexity index is 836. The van der Waals surface area contributed by atoms with E-state index in [9.17, 15) is 14.0 Å². The molecule has 0 radical (unpaired) electrons. The number of halogens is 1. The molecule has 3 rings (SSSR count). The van der Waals surface area contributed by atoms with Crippen LogP contribution in [-0.4, -0.2) is 36.9 Å². The minimum Gasteiger partial charge on any atom is -0.495 e. The van der Waals surface area contributed by atoms with Gasteiger partial charge in [0.2, 0.25) is 11.8 Å². The zero-order valence-electron chi connectivity index (χ0n) is 15.5. The highest BCUT2D eigenvalue weighted by molar-refractivity contribution is 5.98. The zero-order chi connectivity index (χ0) is 19.4. The van der Waals surface area contributed by atoms with Gasteiger partial charge < -0.3 is 15.0 Å². The molecule has 0 unspecified atom stereocenters. The van der Waals surface area contributed by atoms with Gasteiger partial charge in [-0.25, -0.2) is 4.39 Å². The van der Waals surface area contributed by atoms with Crippen LogP contribution in [0.25, 0.3) is 0 Å². The Morgan fingerprint density at radius 3 is 2.70 bits per heavy atom. The van der Waals surface area contributed by atoms with Crippen molar-refractivity contribution in [3.8, 4) is 5.75 Å². The highest BCUT2D eigenvalue weighted by Crippen LogP contribution is 2.27. The van der Waals surface area contributed by atoms with Crippen LogP contribution in [0.4, 0.5) is 10.1 Å². The van der Waals surface area contributed by atoms with Crippen LogP contribution >= 0.6 is 0 Å². The molecule has 27 heavy (non-hydrogen) atoms. The quantitative estimate of drug-likeness (QED) is 0.850. The van der Waals surface area contributed by atoms with Crippen molar-refractivity contribution in [1.82, 2.24) is 4.90 Å². The number of ether oxygens (including phenoxy) is 1. The van der Waals surface area contributed by atoms with Gasteiger partial charge in [0, 0.05) is 19.5 Å². The predicted molar refractivity (Wildman–Crippen MR) is 101 cm³/mol. The summed E-state index contributed by atoms with van der Waals surface area (Å²) in [6.07, 6.45) is 0.829. The molecule has 2 amide bonds. The van der Waals surface area contributed by atoms with Gasteiger partial charge in [-0.3, -0.25) is 9.59 Å². The summed E-state index contributed by atoms with van der Waals surface area (Å²) >= 11 is 0. The van der Waals surface area contributed by atoms with Crippen molar-refractivity contribution in [2.75, 3.05) is 25.5 Å². The number of benzene rings is 2. The SMILES string of the molecule is COc1ccc(C)cc1NC(=O)[C@H]1CC(=O)N(CCc2ccc(F)cc2)C1. The summed E-state index contributed by atoms with van der Waals surface area (Å²) in [6, 6.07) is 11.8. The molecule has 6 heteroatoms. The molecule has 1 N–H and O–H groups in total.